The van der Waals surface area contributed by atoms with Crippen LogP contribution in [-0.4, -0.2) is 47.9 Å². The van der Waals surface area contributed by atoms with Gasteiger partial charge in [0, 0.05) is 32.7 Å². The third-order valence-electron chi connectivity index (χ3n) is 4.79. The Morgan fingerprint density at radius 2 is 1.62 bits per heavy atom. The SMILES string of the molecule is CC(C(=O)Nc1c(F)cccc1F)N1CCN(Cc2ccccc2)CC1. The Labute approximate surface area is 152 Å². The second-order valence-electron chi connectivity index (χ2n) is 6.56. The summed E-state index contributed by atoms with van der Waals surface area (Å²) >= 11 is 0. The van der Waals surface area contributed by atoms with Crippen LogP contribution in [0.4, 0.5) is 14.5 Å². The minimum atomic E-state index is -0.766. The van der Waals surface area contributed by atoms with Gasteiger partial charge >= 0.3 is 0 Å². The molecule has 1 N–H and O–H groups in total. The predicted octanol–water partition coefficient (Wildman–Crippen LogP) is 3.11. The van der Waals surface area contributed by atoms with Gasteiger partial charge in [0.05, 0.1) is 6.04 Å². The molecular formula is C20H23F2N3O. The van der Waals surface area contributed by atoms with Crippen LogP contribution in [0.1, 0.15) is 12.5 Å². The molecule has 0 aliphatic carbocycles. The molecule has 3 rings (SSSR count). The summed E-state index contributed by atoms with van der Waals surface area (Å²) in [6, 6.07) is 13.3. The zero-order valence-corrected chi connectivity index (χ0v) is 14.8. The van der Waals surface area contributed by atoms with Crippen molar-refractivity contribution in [2.75, 3.05) is 31.5 Å². The summed E-state index contributed by atoms with van der Waals surface area (Å²) in [5.74, 6) is -1.93. The van der Waals surface area contributed by atoms with Gasteiger partial charge in [-0.25, -0.2) is 8.78 Å². The normalized spacial score (nSPS) is 17.0. The second kappa shape index (κ2) is 8.38. The Morgan fingerprint density at radius 3 is 2.23 bits per heavy atom. The number of nitrogens with zero attached hydrogens (tertiary/aromatic N) is 2. The van der Waals surface area contributed by atoms with Gasteiger partial charge in [-0.05, 0) is 24.6 Å². The lowest BCUT2D eigenvalue weighted by Crippen LogP contribution is -2.52. The van der Waals surface area contributed by atoms with Crippen LogP contribution in [0.25, 0.3) is 0 Å². The van der Waals surface area contributed by atoms with Gasteiger partial charge < -0.3 is 5.32 Å². The largest absolute Gasteiger partial charge is 0.320 e. The van der Waals surface area contributed by atoms with Crippen molar-refractivity contribution in [2.24, 2.45) is 0 Å². The molecule has 1 fully saturated rings. The highest BCUT2D eigenvalue weighted by Gasteiger charge is 2.26. The first-order chi connectivity index (χ1) is 12.5. The molecule has 0 bridgehead atoms. The summed E-state index contributed by atoms with van der Waals surface area (Å²) in [4.78, 5) is 16.8. The quantitative estimate of drug-likeness (QED) is 0.891. The molecule has 26 heavy (non-hydrogen) atoms. The zero-order valence-electron chi connectivity index (χ0n) is 14.8. The molecule has 2 aromatic carbocycles. The van der Waals surface area contributed by atoms with Gasteiger partial charge in [-0.1, -0.05) is 36.4 Å². The Bertz CT molecular complexity index is 726. The lowest BCUT2D eigenvalue weighted by molar-refractivity contribution is -0.121. The lowest BCUT2D eigenvalue weighted by Gasteiger charge is -2.37. The minimum absolute atomic E-state index is 0.382. The molecular weight excluding hydrogens is 336 g/mol. The van der Waals surface area contributed by atoms with Crippen LogP contribution < -0.4 is 5.32 Å². The van der Waals surface area contributed by atoms with Crippen molar-refractivity contribution in [3.8, 4) is 0 Å². The summed E-state index contributed by atoms with van der Waals surface area (Å²) in [6.07, 6.45) is 0. The van der Waals surface area contributed by atoms with E-state index in [4.69, 9.17) is 0 Å². The van der Waals surface area contributed by atoms with E-state index in [2.05, 4.69) is 22.3 Å². The maximum Gasteiger partial charge on any atom is 0.241 e. The van der Waals surface area contributed by atoms with Crippen molar-refractivity contribution >= 4 is 11.6 Å². The smallest absolute Gasteiger partial charge is 0.241 e. The molecule has 6 heteroatoms. The molecule has 4 nitrogen and oxygen atoms in total. The molecule has 1 unspecified atom stereocenters. The number of hydrogen-bond acceptors (Lipinski definition) is 3. The molecule has 0 spiro atoms. The first kappa shape index (κ1) is 18.5. The van der Waals surface area contributed by atoms with Crippen molar-refractivity contribution in [3.63, 3.8) is 0 Å². The standard InChI is InChI=1S/C20H23F2N3O/c1-15(20(26)23-19-17(21)8-5-9-18(19)22)25-12-10-24(11-13-25)14-16-6-3-2-4-7-16/h2-9,15H,10-14H2,1H3,(H,23,26). The van der Waals surface area contributed by atoms with Crippen LogP contribution in [0.3, 0.4) is 0 Å². The highest BCUT2D eigenvalue weighted by molar-refractivity contribution is 5.94. The van der Waals surface area contributed by atoms with Crippen molar-refractivity contribution in [3.05, 3.63) is 65.7 Å². The van der Waals surface area contributed by atoms with Crippen LogP contribution >= 0.6 is 0 Å². The number of halogens is 2. The van der Waals surface area contributed by atoms with Crippen LogP contribution in [0.15, 0.2) is 48.5 Å². The third kappa shape index (κ3) is 4.45. The van der Waals surface area contributed by atoms with Crippen molar-refractivity contribution in [1.29, 1.82) is 0 Å². The van der Waals surface area contributed by atoms with Crippen LogP contribution in [0.2, 0.25) is 0 Å². The van der Waals surface area contributed by atoms with E-state index < -0.39 is 23.6 Å². The van der Waals surface area contributed by atoms with E-state index in [1.807, 2.05) is 23.1 Å². The molecule has 138 valence electrons. The number of carbonyl (C=O) groups excluding carboxylic acids is 1. The number of para-hydroxylation sites is 1. The molecule has 1 aliphatic rings. The summed E-state index contributed by atoms with van der Waals surface area (Å²) in [6.45, 7) is 5.82. The molecule has 0 saturated carbocycles. The molecule has 1 saturated heterocycles. The van der Waals surface area contributed by atoms with Gasteiger partial charge in [-0.2, -0.15) is 0 Å². The van der Waals surface area contributed by atoms with E-state index in [1.165, 1.54) is 11.6 Å². The van der Waals surface area contributed by atoms with E-state index in [1.54, 1.807) is 6.92 Å². The summed E-state index contributed by atoms with van der Waals surface area (Å²) in [5.41, 5.74) is 0.883. The fourth-order valence-electron chi connectivity index (χ4n) is 3.16. The van der Waals surface area contributed by atoms with Crippen LogP contribution in [-0.2, 0) is 11.3 Å². The molecule has 1 atom stereocenters. The Hall–Kier alpha value is -2.31. The van der Waals surface area contributed by atoms with Gasteiger partial charge in [0.25, 0.3) is 0 Å². The van der Waals surface area contributed by atoms with Gasteiger partial charge in [0.1, 0.15) is 17.3 Å². The molecule has 0 aromatic heterocycles. The van der Waals surface area contributed by atoms with E-state index in [-0.39, 0.29) is 5.69 Å². The van der Waals surface area contributed by atoms with Gasteiger partial charge in [-0.3, -0.25) is 14.6 Å². The van der Waals surface area contributed by atoms with Gasteiger partial charge in [-0.15, -0.1) is 0 Å². The van der Waals surface area contributed by atoms with Crippen molar-refractivity contribution in [2.45, 2.75) is 19.5 Å². The molecule has 2 aromatic rings. The van der Waals surface area contributed by atoms with Crippen LogP contribution in [0, 0.1) is 11.6 Å². The lowest BCUT2D eigenvalue weighted by atomic mass is 10.1. The number of hydrogen-bond donors (Lipinski definition) is 1. The number of anilines is 1. The van der Waals surface area contributed by atoms with Crippen molar-refractivity contribution in [1.82, 2.24) is 9.80 Å². The molecule has 0 radical (unpaired) electrons. The molecule has 1 amide bonds. The van der Waals surface area contributed by atoms with Crippen molar-refractivity contribution < 1.29 is 13.6 Å². The third-order valence-corrected chi connectivity index (χ3v) is 4.79. The Kier molecular flexibility index (Phi) is 5.96. The maximum absolute atomic E-state index is 13.7. The van der Waals surface area contributed by atoms with E-state index in [0.29, 0.717) is 0 Å². The van der Waals surface area contributed by atoms with Gasteiger partial charge in [0.2, 0.25) is 5.91 Å². The number of piperazine rings is 1. The summed E-state index contributed by atoms with van der Waals surface area (Å²) in [7, 11) is 0. The predicted molar refractivity (Wildman–Crippen MR) is 97.7 cm³/mol. The highest BCUT2D eigenvalue weighted by atomic mass is 19.1. The monoisotopic (exact) mass is 359 g/mol. The Balaban J connectivity index is 1.53. The molecule has 1 aliphatic heterocycles. The highest BCUT2D eigenvalue weighted by Crippen LogP contribution is 2.19. The number of carbonyl (C=O) groups is 1. The number of amides is 1. The van der Waals surface area contributed by atoms with Gasteiger partial charge in [0.15, 0.2) is 0 Å². The first-order valence-electron chi connectivity index (χ1n) is 8.80. The minimum Gasteiger partial charge on any atom is -0.320 e. The number of rotatable bonds is 5. The average molecular weight is 359 g/mol. The summed E-state index contributed by atoms with van der Waals surface area (Å²) in [5, 5.41) is 2.38. The topological polar surface area (TPSA) is 35.6 Å². The molecule has 1 heterocycles. The second-order valence-corrected chi connectivity index (χ2v) is 6.56. The van der Waals surface area contributed by atoms with E-state index >= 15 is 0 Å². The average Bonchev–Trinajstić information content (AvgIpc) is 2.65. The Morgan fingerprint density at radius 1 is 1.00 bits per heavy atom. The zero-order chi connectivity index (χ0) is 18.5. The maximum atomic E-state index is 13.7. The van der Waals surface area contributed by atoms with Crippen LogP contribution in [0.5, 0.6) is 0 Å². The first-order valence-corrected chi connectivity index (χ1v) is 8.80. The number of nitrogens with one attached hydrogen (secondary N) is 1. The fourth-order valence-corrected chi connectivity index (χ4v) is 3.16. The van der Waals surface area contributed by atoms with E-state index in [0.717, 1.165) is 44.9 Å². The summed E-state index contributed by atoms with van der Waals surface area (Å²) < 4.78 is 27.4. The number of benzene rings is 2. The van der Waals surface area contributed by atoms with E-state index in [9.17, 15) is 13.6 Å². The fraction of sp³-hybridized carbons (Fsp3) is 0.350.